The molecule has 1 aromatic heterocycles. The first-order valence-electron chi connectivity index (χ1n) is 8.90. The van der Waals surface area contributed by atoms with Gasteiger partial charge in [-0.2, -0.15) is 0 Å². The molecule has 0 bridgehead atoms. The van der Waals surface area contributed by atoms with E-state index in [1.165, 1.54) is 24.4 Å². The van der Waals surface area contributed by atoms with Crippen LogP contribution in [0.25, 0.3) is 10.9 Å². The number of pyridine rings is 1. The number of anilines is 1. The monoisotopic (exact) mass is 383 g/mol. The minimum absolute atomic E-state index is 0.0676. The molecule has 0 radical (unpaired) electrons. The summed E-state index contributed by atoms with van der Waals surface area (Å²) in [4.78, 5) is 6.79. The molecule has 0 spiro atoms. The zero-order chi connectivity index (χ0) is 18.6. The highest BCUT2D eigenvalue weighted by atomic mass is 32.2. The van der Waals surface area contributed by atoms with E-state index < -0.39 is 15.7 Å². The van der Waals surface area contributed by atoms with Crippen molar-refractivity contribution in [2.75, 3.05) is 24.5 Å². The Balaban J connectivity index is 1.56. The molecule has 7 heteroatoms. The smallest absolute Gasteiger partial charge is 0.208 e. The highest BCUT2D eigenvalue weighted by Crippen LogP contribution is 2.33. The highest BCUT2D eigenvalue weighted by molar-refractivity contribution is 7.91. The highest BCUT2D eigenvalue weighted by Gasteiger charge is 2.39. The van der Waals surface area contributed by atoms with E-state index in [0.717, 1.165) is 42.3 Å². The lowest BCUT2D eigenvalue weighted by molar-refractivity contribution is 0.297. The number of nitrogens with one attached hydrogen (secondary N) is 1. The zero-order valence-corrected chi connectivity index (χ0v) is 15.3. The number of benzene rings is 2. The SMILES string of the molecule is O=S(=O)(c1cccc(F)c1)c1cnc2c(N3C[C@@H]4CN[C@H]4C3)cccc2c1. The van der Waals surface area contributed by atoms with Crippen molar-refractivity contribution in [1.82, 2.24) is 10.3 Å². The van der Waals surface area contributed by atoms with E-state index in [-0.39, 0.29) is 9.79 Å². The van der Waals surface area contributed by atoms with E-state index in [0.29, 0.717) is 12.0 Å². The molecule has 0 amide bonds. The molecule has 0 unspecified atom stereocenters. The van der Waals surface area contributed by atoms with Gasteiger partial charge in [0, 0.05) is 43.2 Å². The van der Waals surface area contributed by atoms with Gasteiger partial charge < -0.3 is 10.2 Å². The van der Waals surface area contributed by atoms with Crippen LogP contribution in [0.15, 0.2) is 64.5 Å². The summed E-state index contributed by atoms with van der Waals surface area (Å²) in [6.07, 6.45) is 1.37. The zero-order valence-electron chi connectivity index (χ0n) is 14.5. The number of halogens is 1. The average molecular weight is 383 g/mol. The van der Waals surface area contributed by atoms with Crippen LogP contribution in [0.3, 0.4) is 0 Å². The molecule has 0 saturated carbocycles. The third kappa shape index (κ3) is 2.69. The minimum Gasteiger partial charge on any atom is -0.368 e. The summed E-state index contributed by atoms with van der Waals surface area (Å²) in [6, 6.07) is 13.0. The van der Waals surface area contributed by atoms with Crippen molar-refractivity contribution >= 4 is 26.4 Å². The summed E-state index contributed by atoms with van der Waals surface area (Å²) >= 11 is 0. The number of fused-ring (bicyclic) bond motifs is 2. The van der Waals surface area contributed by atoms with Crippen LogP contribution in [0.2, 0.25) is 0 Å². The molecule has 3 aromatic rings. The molecule has 2 aromatic carbocycles. The lowest BCUT2D eigenvalue weighted by Gasteiger charge is -2.29. The van der Waals surface area contributed by atoms with Crippen molar-refractivity contribution in [2.45, 2.75) is 15.8 Å². The second-order valence-corrected chi connectivity index (χ2v) is 9.11. The largest absolute Gasteiger partial charge is 0.368 e. The molecule has 2 aliphatic heterocycles. The van der Waals surface area contributed by atoms with Crippen LogP contribution < -0.4 is 10.2 Å². The molecule has 138 valence electrons. The van der Waals surface area contributed by atoms with E-state index in [1.54, 1.807) is 6.07 Å². The fourth-order valence-electron chi connectivity index (χ4n) is 3.95. The first kappa shape index (κ1) is 16.6. The van der Waals surface area contributed by atoms with Crippen molar-refractivity contribution in [2.24, 2.45) is 5.92 Å². The molecule has 27 heavy (non-hydrogen) atoms. The molecule has 3 heterocycles. The summed E-state index contributed by atoms with van der Waals surface area (Å²) < 4.78 is 39.1. The van der Waals surface area contributed by atoms with Crippen LogP contribution in [-0.4, -0.2) is 39.1 Å². The lowest BCUT2D eigenvalue weighted by atomic mass is 9.96. The Morgan fingerprint density at radius 3 is 2.63 bits per heavy atom. The topological polar surface area (TPSA) is 62.3 Å². The van der Waals surface area contributed by atoms with Gasteiger partial charge in [-0.3, -0.25) is 4.98 Å². The Morgan fingerprint density at radius 1 is 1.07 bits per heavy atom. The van der Waals surface area contributed by atoms with Gasteiger partial charge in [-0.25, -0.2) is 12.8 Å². The molecule has 2 atom stereocenters. The van der Waals surface area contributed by atoms with Crippen LogP contribution in [0.4, 0.5) is 10.1 Å². The van der Waals surface area contributed by atoms with Crippen LogP contribution in [0, 0.1) is 11.7 Å². The van der Waals surface area contributed by atoms with E-state index in [9.17, 15) is 12.8 Å². The molecule has 5 rings (SSSR count). The molecule has 5 nitrogen and oxygen atoms in total. The maximum absolute atomic E-state index is 13.5. The van der Waals surface area contributed by atoms with Gasteiger partial charge in [-0.05, 0) is 30.3 Å². The van der Waals surface area contributed by atoms with Crippen molar-refractivity contribution in [3.63, 3.8) is 0 Å². The minimum atomic E-state index is -3.82. The second-order valence-electron chi connectivity index (χ2n) is 7.16. The van der Waals surface area contributed by atoms with E-state index in [4.69, 9.17) is 0 Å². The fourth-order valence-corrected chi connectivity index (χ4v) is 5.22. The van der Waals surface area contributed by atoms with Crippen LogP contribution >= 0.6 is 0 Å². The van der Waals surface area contributed by atoms with Gasteiger partial charge in [0.2, 0.25) is 9.84 Å². The molecule has 1 N–H and O–H groups in total. The normalized spacial score (nSPS) is 21.9. The molecular weight excluding hydrogens is 365 g/mol. The Hall–Kier alpha value is -2.51. The predicted molar refractivity (Wildman–Crippen MR) is 101 cm³/mol. The van der Waals surface area contributed by atoms with Gasteiger partial charge in [-0.15, -0.1) is 0 Å². The van der Waals surface area contributed by atoms with Crippen molar-refractivity contribution in [3.05, 3.63) is 60.5 Å². The van der Waals surface area contributed by atoms with Gasteiger partial charge in [0.25, 0.3) is 0 Å². The van der Waals surface area contributed by atoms with Crippen molar-refractivity contribution in [1.29, 1.82) is 0 Å². The summed E-state index contributed by atoms with van der Waals surface area (Å²) in [5.41, 5.74) is 1.82. The summed E-state index contributed by atoms with van der Waals surface area (Å²) in [6.45, 7) is 2.98. The van der Waals surface area contributed by atoms with Gasteiger partial charge in [0.15, 0.2) is 0 Å². The number of aromatic nitrogens is 1. The van der Waals surface area contributed by atoms with E-state index >= 15 is 0 Å². The Bertz CT molecular complexity index is 1140. The first-order chi connectivity index (χ1) is 13.0. The summed E-state index contributed by atoms with van der Waals surface area (Å²) in [5, 5.41) is 4.20. The summed E-state index contributed by atoms with van der Waals surface area (Å²) in [7, 11) is -3.82. The summed E-state index contributed by atoms with van der Waals surface area (Å²) in [5.74, 6) is 0.0947. The quantitative estimate of drug-likeness (QED) is 0.753. The molecule has 2 saturated heterocycles. The second kappa shape index (κ2) is 6.00. The number of hydrogen-bond acceptors (Lipinski definition) is 5. The maximum Gasteiger partial charge on any atom is 0.208 e. The molecular formula is C20H18FN3O2S. The van der Waals surface area contributed by atoms with Gasteiger partial charge in [0.05, 0.1) is 21.0 Å². The number of para-hydroxylation sites is 1. The van der Waals surface area contributed by atoms with Gasteiger partial charge in [0.1, 0.15) is 5.82 Å². The number of hydrogen-bond donors (Lipinski definition) is 1. The van der Waals surface area contributed by atoms with Gasteiger partial charge in [-0.1, -0.05) is 18.2 Å². The van der Waals surface area contributed by atoms with Crippen LogP contribution in [0.1, 0.15) is 0 Å². The van der Waals surface area contributed by atoms with E-state index in [2.05, 4.69) is 15.2 Å². The molecule has 0 aliphatic carbocycles. The van der Waals surface area contributed by atoms with Crippen LogP contribution in [-0.2, 0) is 9.84 Å². The molecule has 2 fully saturated rings. The predicted octanol–water partition coefficient (Wildman–Crippen LogP) is 2.61. The number of sulfone groups is 1. The number of rotatable bonds is 3. The lowest BCUT2D eigenvalue weighted by Crippen LogP contribution is -2.51. The molecule has 2 aliphatic rings. The Labute approximate surface area is 156 Å². The Kier molecular flexibility index (Phi) is 3.70. The maximum atomic E-state index is 13.5. The number of nitrogens with zero attached hydrogens (tertiary/aromatic N) is 2. The van der Waals surface area contributed by atoms with Crippen LogP contribution in [0.5, 0.6) is 0 Å². The average Bonchev–Trinajstić information content (AvgIpc) is 2.95. The van der Waals surface area contributed by atoms with Crippen molar-refractivity contribution < 1.29 is 12.8 Å². The van der Waals surface area contributed by atoms with Gasteiger partial charge >= 0.3 is 0 Å². The fraction of sp³-hybridized carbons (Fsp3) is 0.250. The van der Waals surface area contributed by atoms with E-state index in [1.807, 2.05) is 18.2 Å². The third-order valence-electron chi connectivity index (χ3n) is 5.51. The Morgan fingerprint density at radius 2 is 1.93 bits per heavy atom. The third-order valence-corrected chi connectivity index (χ3v) is 7.22. The standard InChI is InChI=1S/C20H18FN3O2S/c21-15-4-2-5-16(8-15)27(25,26)17-7-13-3-1-6-19(20(13)23-10-17)24-11-14-9-22-18(14)12-24/h1-8,10,14,18,22H,9,11-12H2/t14-,18-/m0/s1. The first-order valence-corrected chi connectivity index (χ1v) is 10.4. The van der Waals surface area contributed by atoms with Crippen molar-refractivity contribution in [3.8, 4) is 0 Å².